The minimum absolute atomic E-state index is 0.0339. The topological polar surface area (TPSA) is 58.2 Å². The molecule has 1 saturated carbocycles. The number of carbonyl (C=O) groups is 1. The normalized spacial score (nSPS) is 26.8. The zero-order valence-electron chi connectivity index (χ0n) is 11.7. The third-order valence-corrected chi connectivity index (χ3v) is 4.36. The quantitative estimate of drug-likeness (QED) is 0.910. The molecule has 1 aromatic heterocycles. The lowest BCUT2D eigenvalue weighted by Gasteiger charge is -2.38. The summed E-state index contributed by atoms with van der Waals surface area (Å²) >= 11 is 0. The van der Waals surface area contributed by atoms with Crippen molar-refractivity contribution in [2.45, 2.75) is 37.6 Å². The Hall–Kier alpha value is -1.50. The molecule has 1 aromatic rings. The highest BCUT2D eigenvalue weighted by atomic mass is 19.3. The molecule has 1 N–H and O–H groups in total. The number of halogens is 2. The lowest BCUT2D eigenvalue weighted by molar-refractivity contribution is -0.148. The van der Waals surface area contributed by atoms with Gasteiger partial charge in [-0.25, -0.2) is 8.78 Å². The zero-order chi connectivity index (χ0) is 14.9. The molecule has 1 aliphatic carbocycles. The van der Waals surface area contributed by atoms with Crippen molar-refractivity contribution in [2.75, 3.05) is 19.8 Å². The Morgan fingerprint density at radius 1 is 1.43 bits per heavy atom. The van der Waals surface area contributed by atoms with Gasteiger partial charge in [0.2, 0.25) is 11.8 Å². The minimum Gasteiger partial charge on any atom is -0.377 e. The van der Waals surface area contributed by atoms with E-state index in [0.717, 1.165) is 5.69 Å². The van der Waals surface area contributed by atoms with Gasteiger partial charge in [0, 0.05) is 31.5 Å². The second-order valence-corrected chi connectivity index (χ2v) is 5.76. The Morgan fingerprint density at radius 3 is 2.86 bits per heavy atom. The first-order chi connectivity index (χ1) is 10.1. The van der Waals surface area contributed by atoms with Crippen molar-refractivity contribution in [3.63, 3.8) is 0 Å². The average molecular weight is 299 g/mol. The predicted molar refractivity (Wildman–Crippen MR) is 70.8 cm³/mol. The second kappa shape index (κ2) is 5.71. The third kappa shape index (κ3) is 3.07. The van der Waals surface area contributed by atoms with Crippen LogP contribution in [0.15, 0.2) is 12.3 Å². The number of aromatic amines is 1. The molecule has 2 fully saturated rings. The molecule has 116 valence electrons. The number of rotatable bonds is 2. The van der Waals surface area contributed by atoms with Crippen LogP contribution in [0.1, 0.15) is 37.4 Å². The summed E-state index contributed by atoms with van der Waals surface area (Å²) in [4.78, 5) is 14.4. The van der Waals surface area contributed by atoms with Gasteiger partial charge in [0.1, 0.15) is 0 Å². The van der Waals surface area contributed by atoms with E-state index >= 15 is 0 Å². The van der Waals surface area contributed by atoms with Gasteiger partial charge in [-0.15, -0.1) is 0 Å². The van der Waals surface area contributed by atoms with Crippen LogP contribution in [0.2, 0.25) is 0 Å². The van der Waals surface area contributed by atoms with Crippen LogP contribution in [0, 0.1) is 5.92 Å². The molecular formula is C14H19F2N3O2. The van der Waals surface area contributed by atoms with Crippen molar-refractivity contribution in [2.24, 2.45) is 5.92 Å². The molecule has 0 spiro atoms. The van der Waals surface area contributed by atoms with Crippen LogP contribution in [0.5, 0.6) is 0 Å². The van der Waals surface area contributed by atoms with Crippen LogP contribution in [0.3, 0.4) is 0 Å². The highest BCUT2D eigenvalue weighted by molar-refractivity contribution is 5.79. The molecule has 1 saturated heterocycles. The van der Waals surface area contributed by atoms with Crippen molar-refractivity contribution in [3.8, 4) is 0 Å². The van der Waals surface area contributed by atoms with E-state index < -0.39 is 5.92 Å². The van der Waals surface area contributed by atoms with Gasteiger partial charge in [0.15, 0.2) is 0 Å². The van der Waals surface area contributed by atoms with E-state index in [2.05, 4.69) is 10.2 Å². The molecule has 1 amide bonds. The first kappa shape index (κ1) is 14.4. The summed E-state index contributed by atoms with van der Waals surface area (Å²) in [6.07, 6.45) is 1.77. The van der Waals surface area contributed by atoms with Gasteiger partial charge in [-0.3, -0.25) is 9.89 Å². The Labute approximate surface area is 121 Å². The number of ether oxygens (including phenoxy) is 1. The molecule has 1 aliphatic heterocycles. The Balaban J connectivity index is 1.70. The van der Waals surface area contributed by atoms with Crippen molar-refractivity contribution < 1.29 is 18.3 Å². The fraction of sp³-hybridized carbons (Fsp3) is 0.714. The Morgan fingerprint density at radius 2 is 2.19 bits per heavy atom. The first-order valence-electron chi connectivity index (χ1n) is 7.32. The van der Waals surface area contributed by atoms with Crippen LogP contribution in [-0.2, 0) is 9.53 Å². The maximum Gasteiger partial charge on any atom is 0.248 e. The first-order valence-corrected chi connectivity index (χ1v) is 7.32. The van der Waals surface area contributed by atoms with E-state index in [9.17, 15) is 13.6 Å². The molecule has 2 heterocycles. The van der Waals surface area contributed by atoms with Crippen LogP contribution < -0.4 is 0 Å². The van der Waals surface area contributed by atoms with Gasteiger partial charge in [-0.1, -0.05) is 0 Å². The standard InChI is InChI=1S/C14H19F2N3O2/c15-14(16)4-1-10(2-5-14)13(20)19-7-8-21-9-12(19)11-3-6-17-18-11/h3,6,10,12H,1-2,4-5,7-9H2,(H,17,18)/t12-/m0/s1. The predicted octanol–water partition coefficient (Wildman–Crippen LogP) is 2.14. The Kier molecular flexibility index (Phi) is 3.93. The number of carbonyl (C=O) groups excluding carboxylic acids is 1. The number of hydrogen-bond acceptors (Lipinski definition) is 3. The number of alkyl halides is 2. The molecule has 5 nitrogen and oxygen atoms in total. The summed E-state index contributed by atoms with van der Waals surface area (Å²) in [6.45, 7) is 1.39. The van der Waals surface area contributed by atoms with Crippen molar-refractivity contribution >= 4 is 5.91 Å². The number of nitrogens with one attached hydrogen (secondary N) is 1. The number of amides is 1. The minimum atomic E-state index is -2.61. The van der Waals surface area contributed by atoms with E-state index in [1.54, 1.807) is 11.1 Å². The number of hydrogen-bond donors (Lipinski definition) is 1. The molecule has 1 atom stereocenters. The molecule has 3 rings (SSSR count). The van der Waals surface area contributed by atoms with Gasteiger partial charge in [-0.2, -0.15) is 5.10 Å². The monoisotopic (exact) mass is 299 g/mol. The molecule has 2 aliphatic rings. The molecular weight excluding hydrogens is 280 g/mol. The summed E-state index contributed by atoms with van der Waals surface area (Å²) in [5.74, 6) is -2.94. The van der Waals surface area contributed by atoms with E-state index in [1.165, 1.54) is 0 Å². The summed E-state index contributed by atoms with van der Waals surface area (Å²) in [5, 5.41) is 6.77. The maximum absolute atomic E-state index is 13.2. The fourth-order valence-corrected chi connectivity index (χ4v) is 3.10. The van der Waals surface area contributed by atoms with E-state index in [-0.39, 0.29) is 43.6 Å². The highest BCUT2D eigenvalue weighted by Crippen LogP contribution is 2.38. The summed E-state index contributed by atoms with van der Waals surface area (Å²) in [6, 6.07) is 1.62. The van der Waals surface area contributed by atoms with Gasteiger partial charge in [-0.05, 0) is 18.9 Å². The largest absolute Gasteiger partial charge is 0.377 e. The van der Waals surface area contributed by atoms with Gasteiger partial charge in [0.05, 0.1) is 24.9 Å². The molecule has 0 unspecified atom stereocenters. The Bertz CT molecular complexity index is 482. The fourth-order valence-electron chi connectivity index (χ4n) is 3.10. The highest BCUT2D eigenvalue weighted by Gasteiger charge is 2.40. The van der Waals surface area contributed by atoms with Crippen molar-refractivity contribution in [1.29, 1.82) is 0 Å². The lowest BCUT2D eigenvalue weighted by atomic mass is 9.85. The van der Waals surface area contributed by atoms with Crippen LogP contribution in [0.25, 0.3) is 0 Å². The smallest absolute Gasteiger partial charge is 0.248 e. The van der Waals surface area contributed by atoms with E-state index in [4.69, 9.17) is 4.74 Å². The van der Waals surface area contributed by atoms with E-state index in [0.29, 0.717) is 19.8 Å². The summed E-state index contributed by atoms with van der Waals surface area (Å²) < 4.78 is 31.9. The molecule has 0 aromatic carbocycles. The number of morpholine rings is 1. The second-order valence-electron chi connectivity index (χ2n) is 5.76. The van der Waals surface area contributed by atoms with Crippen LogP contribution in [-0.4, -0.2) is 46.7 Å². The number of nitrogens with zero attached hydrogens (tertiary/aromatic N) is 2. The maximum atomic E-state index is 13.2. The molecule has 7 heteroatoms. The molecule has 21 heavy (non-hydrogen) atoms. The van der Waals surface area contributed by atoms with Crippen molar-refractivity contribution in [3.05, 3.63) is 18.0 Å². The lowest BCUT2D eigenvalue weighted by Crippen LogP contribution is -2.47. The molecule has 0 bridgehead atoms. The van der Waals surface area contributed by atoms with Crippen LogP contribution in [0.4, 0.5) is 8.78 Å². The van der Waals surface area contributed by atoms with Gasteiger partial charge >= 0.3 is 0 Å². The average Bonchev–Trinajstić information content (AvgIpc) is 3.01. The van der Waals surface area contributed by atoms with Gasteiger partial charge < -0.3 is 9.64 Å². The summed E-state index contributed by atoms with van der Waals surface area (Å²) in [7, 11) is 0. The number of aromatic nitrogens is 2. The molecule has 0 radical (unpaired) electrons. The number of H-pyrrole nitrogens is 1. The zero-order valence-corrected chi connectivity index (χ0v) is 11.7. The van der Waals surface area contributed by atoms with Crippen LogP contribution >= 0.6 is 0 Å². The van der Waals surface area contributed by atoms with E-state index in [1.807, 2.05) is 6.07 Å². The SMILES string of the molecule is O=C(C1CCC(F)(F)CC1)N1CCOC[C@H]1c1ccn[nH]1. The summed E-state index contributed by atoms with van der Waals surface area (Å²) in [5.41, 5.74) is 0.823. The van der Waals surface area contributed by atoms with Crippen molar-refractivity contribution in [1.82, 2.24) is 15.1 Å². The van der Waals surface area contributed by atoms with Gasteiger partial charge in [0.25, 0.3) is 0 Å². The third-order valence-electron chi connectivity index (χ3n) is 4.36.